The number of hydrogen-bond acceptors (Lipinski definition) is 3. The molecule has 2 rings (SSSR count). The largest absolute Gasteiger partial charge is 0.416 e. The summed E-state index contributed by atoms with van der Waals surface area (Å²) in [6.45, 7) is 0.508. The minimum absolute atomic E-state index is 0.152. The number of alkyl halides is 3. The number of primary amides is 1. The zero-order valence-corrected chi connectivity index (χ0v) is 11.5. The molecule has 2 aromatic rings. The third-order valence-electron chi connectivity index (χ3n) is 3.04. The van der Waals surface area contributed by atoms with E-state index >= 15 is 0 Å². The van der Waals surface area contributed by atoms with E-state index < -0.39 is 17.6 Å². The molecular formula is C15H14F3N3O. The number of amides is 1. The fourth-order valence-corrected chi connectivity index (χ4v) is 1.89. The van der Waals surface area contributed by atoms with Gasteiger partial charge in [0, 0.05) is 18.4 Å². The molecule has 0 aliphatic carbocycles. The molecular weight excluding hydrogens is 295 g/mol. The number of hydrogen-bond donors (Lipinski definition) is 2. The SMILES string of the molecule is NC(=O)c1cc(NCCc2ccc(C(F)(F)F)cc2)ccn1. The van der Waals surface area contributed by atoms with E-state index in [1.807, 2.05) is 0 Å². The van der Waals surface area contributed by atoms with Gasteiger partial charge in [0.25, 0.3) is 5.91 Å². The van der Waals surface area contributed by atoms with E-state index in [0.717, 1.165) is 17.7 Å². The summed E-state index contributed by atoms with van der Waals surface area (Å²) < 4.78 is 37.3. The van der Waals surface area contributed by atoms with Crippen molar-refractivity contribution in [1.29, 1.82) is 0 Å². The summed E-state index contributed by atoms with van der Waals surface area (Å²) in [6.07, 6.45) is -2.31. The minimum Gasteiger partial charge on any atom is -0.385 e. The van der Waals surface area contributed by atoms with Crippen LogP contribution in [0.5, 0.6) is 0 Å². The molecule has 0 atom stereocenters. The van der Waals surface area contributed by atoms with Gasteiger partial charge >= 0.3 is 6.18 Å². The van der Waals surface area contributed by atoms with Gasteiger partial charge in [-0.15, -0.1) is 0 Å². The number of nitrogens with one attached hydrogen (secondary N) is 1. The van der Waals surface area contributed by atoms with Gasteiger partial charge in [0.15, 0.2) is 0 Å². The van der Waals surface area contributed by atoms with Gasteiger partial charge in [-0.3, -0.25) is 9.78 Å². The van der Waals surface area contributed by atoms with Crippen molar-refractivity contribution in [3.63, 3.8) is 0 Å². The summed E-state index contributed by atoms with van der Waals surface area (Å²) >= 11 is 0. The number of nitrogens with two attached hydrogens (primary N) is 1. The van der Waals surface area contributed by atoms with Crippen molar-refractivity contribution in [2.75, 3.05) is 11.9 Å². The fourth-order valence-electron chi connectivity index (χ4n) is 1.89. The molecule has 0 radical (unpaired) electrons. The quantitative estimate of drug-likeness (QED) is 0.892. The Hall–Kier alpha value is -2.57. The lowest BCUT2D eigenvalue weighted by atomic mass is 10.1. The van der Waals surface area contributed by atoms with Crippen LogP contribution >= 0.6 is 0 Å². The predicted octanol–water partition coefficient (Wildman–Crippen LogP) is 2.85. The molecule has 0 saturated heterocycles. The van der Waals surface area contributed by atoms with Crippen molar-refractivity contribution in [3.8, 4) is 0 Å². The Morgan fingerprint density at radius 3 is 2.45 bits per heavy atom. The minimum atomic E-state index is -4.32. The van der Waals surface area contributed by atoms with Gasteiger partial charge in [0.1, 0.15) is 5.69 Å². The molecule has 1 amide bonds. The van der Waals surface area contributed by atoms with Crippen LogP contribution in [0.1, 0.15) is 21.6 Å². The molecule has 116 valence electrons. The van der Waals surface area contributed by atoms with Crippen LogP contribution in [-0.4, -0.2) is 17.4 Å². The normalized spacial score (nSPS) is 11.2. The second kappa shape index (κ2) is 6.46. The molecule has 0 aliphatic heterocycles. The number of anilines is 1. The average Bonchev–Trinajstić information content (AvgIpc) is 2.47. The average molecular weight is 309 g/mol. The molecule has 0 fully saturated rings. The van der Waals surface area contributed by atoms with Gasteiger partial charge in [0.2, 0.25) is 0 Å². The van der Waals surface area contributed by atoms with Crippen LogP contribution in [0.2, 0.25) is 0 Å². The zero-order valence-electron chi connectivity index (χ0n) is 11.5. The molecule has 3 N–H and O–H groups in total. The van der Waals surface area contributed by atoms with Crippen LogP contribution in [0.15, 0.2) is 42.6 Å². The summed E-state index contributed by atoms with van der Waals surface area (Å²) in [6, 6.07) is 8.23. The van der Waals surface area contributed by atoms with Gasteiger partial charge in [-0.05, 0) is 36.2 Å². The van der Waals surface area contributed by atoms with E-state index in [1.54, 1.807) is 6.07 Å². The first-order chi connectivity index (χ1) is 10.4. The molecule has 0 spiro atoms. The molecule has 0 saturated carbocycles. The van der Waals surface area contributed by atoms with Gasteiger partial charge in [0.05, 0.1) is 5.56 Å². The summed E-state index contributed by atoms with van der Waals surface area (Å²) in [5.41, 5.74) is 6.08. The van der Waals surface area contributed by atoms with E-state index in [4.69, 9.17) is 5.73 Å². The highest BCUT2D eigenvalue weighted by Gasteiger charge is 2.29. The topological polar surface area (TPSA) is 68.0 Å². The summed E-state index contributed by atoms with van der Waals surface area (Å²) in [7, 11) is 0. The van der Waals surface area contributed by atoms with Crippen molar-refractivity contribution in [2.24, 2.45) is 5.73 Å². The number of nitrogens with zero attached hydrogens (tertiary/aromatic N) is 1. The monoisotopic (exact) mass is 309 g/mol. The van der Waals surface area contributed by atoms with Gasteiger partial charge in [-0.2, -0.15) is 13.2 Å². The second-order valence-electron chi connectivity index (χ2n) is 4.67. The Kier molecular flexibility index (Phi) is 4.65. The van der Waals surface area contributed by atoms with Gasteiger partial charge in [-0.25, -0.2) is 0 Å². The lowest BCUT2D eigenvalue weighted by molar-refractivity contribution is -0.137. The number of aromatic nitrogens is 1. The van der Waals surface area contributed by atoms with Crippen LogP contribution in [0, 0.1) is 0 Å². The van der Waals surface area contributed by atoms with Crippen molar-refractivity contribution in [3.05, 3.63) is 59.4 Å². The van der Waals surface area contributed by atoms with E-state index in [1.165, 1.54) is 24.4 Å². The Labute approximate surface area is 125 Å². The maximum absolute atomic E-state index is 12.4. The van der Waals surface area contributed by atoms with Gasteiger partial charge in [-0.1, -0.05) is 12.1 Å². The zero-order chi connectivity index (χ0) is 16.2. The predicted molar refractivity (Wildman–Crippen MR) is 76.4 cm³/mol. The maximum atomic E-state index is 12.4. The number of halogens is 3. The first kappa shape index (κ1) is 15.8. The standard InChI is InChI=1S/C15H14F3N3O/c16-15(17,18)11-3-1-10(2-4-11)5-7-20-12-6-8-21-13(9-12)14(19)22/h1-4,6,8-9H,5,7H2,(H2,19,22)(H,20,21). The third-order valence-corrected chi connectivity index (χ3v) is 3.04. The van der Waals surface area contributed by atoms with Crippen LogP contribution in [-0.2, 0) is 12.6 Å². The van der Waals surface area contributed by atoms with Crippen LogP contribution in [0.4, 0.5) is 18.9 Å². The highest BCUT2D eigenvalue weighted by Crippen LogP contribution is 2.29. The molecule has 0 bridgehead atoms. The first-order valence-electron chi connectivity index (χ1n) is 6.52. The van der Waals surface area contributed by atoms with E-state index in [-0.39, 0.29) is 5.69 Å². The van der Waals surface area contributed by atoms with E-state index in [9.17, 15) is 18.0 Å². The van der Waals surface area contributed by atoms with Crippen LogP contribution in [0.25, 0.3) is 0 Å². The number of pyridine rings is 1. The fraction of sp³-hybridized carbons (Fsp3) is 0.200. The molecule has 1 aromatic carbocycles. The van der Waals surface area contributed by atoms with E-state index in [2.05, 4.69) is 10.3 Å². The summed E-state index contributed by atoms with van der Waals surface area (Å²) in [5.74, 6) is -0.619. The molecule has 22 heavy (non-hydrogen) atoms. The lowest BCUT2D eigenvalue weighted by Gasteiger charge is -2.09. The van der Waals surface area contributed by atoms with Crippen molar-refractivity contribution < 1.29 is 18.0 Å². The molecule has 0 unspecified atom stereocenters. The van der Waals surface area contributed by atoms with Crippen molar-refractivity contribution in [1.82, 2.24) is 4.98 Å². The molecule has 7 heteroatoms. The van der Waals surface area contributed by atoms with Crippen molar-refractivity contribution >= 4 is 11.6 Å². The molecule has 4 nitrogen and oxygen atoms in total. The number of carbonyl (C=O) groups excluding carboxylic acids is 1. The van der Waals surface area contributed by atoms with E-state index in [0.29, 0.717) is 18.7 Å². The molecule has 1 aromatic heterocycles. The second-order valence-corrected chi connectivity index (χ2v) is 4.67. The number of carbonyl (C=O) groups is 1. The highest BCUT2D eigenvalue weighted by atomic mass is 19.4. The maximum Gasteiger partial charge on any atom is 0.416 e. The van der Waals surface area contributed by atoms with Crippen LogP contribution in [0.3, 0.4) is 0 Å². The number of benzene rings is 1. The Bertz CT molecular complexity index is 654. The first-order valence-corrected chi connectivity index (χ1v) is 6.52. The van der Waals surface area contributed by atoms with Crippen LogP contribution < -0.4 is 11.1 Å². The lowest BCUT2D eigenvalue weighted by Crippen LogP contribution is -2.13. The van der Waals surface area contributed by atoms with Crippen molar-refractivity contribution in [2.45, 2.75) is 12.6 Å². The Morgan fingerprint density at radius 2 is 1.86 bits per heavy atom. The summed E-state index contributed by atoms with van der Waals surface area (Å²) in [5, 5.41) is 3.06. The number of rotatable bonds is 5. The highest BCUT2D eigenvalue weighted by molar-refractivity contribution is 5.91. The molecule has 0 aliphatic rings. The smallest absolute Gasteiger partial charge is 0.385 e. The Morgan fingerprint density at radius 1 is 1.18 bits per heavy atom. The van der Waals surface area contributed by atoms with Gasteiger partial charge < -0.3 is 11.1 Å². The molecule has 1 heterocycles. The third kappa shape index (κ3) is 4.21. The Balaban J connectivity index is 1.91. The summed E-state index contributed by atoms with van der Waals surface area (Å²) in [4.78, 5) is 14.8.